The number of hydrogen-bond acceptors (Lipinski definition) is 5. The number of aromatic nitrogens is 2. The Hall–Kier alpha value is -1.56. The third-order valence-electron chi connectivity index (χ3n) is 2.78. The summed E-state index contributed by atoms with van der Waals surface area (Å²) in [7, 11) is 1.61. The number of ether oxygens (including phenoxy) is 1. The van der Waals surface area contributed by atoms with Gasteiger partial charge in [0.15, 0.2) is 5.82 Å². The number of hydrogen-bond donors (Lipinski definition) is 1. The number of rotatable bonds is 2. The van der Waals surface area contributed by atoms with Crippen molar-refractivity contribution in [2.45, 2.75) is 0 Å². The van der Waals surface area contributed by atoms with Crippen LogP contribution in [-0.2, 0) is 0 Å². The molecule has 0 radical (unpaired) electrons. The van der Waals surface area contributed by atoms with Gasteiger partial charge in [-0.3, -0.25) is 0 Å². The lowest BCUT2D eigenvalue weighted by atomic mass is 10.2. The molecule has 0 unspecified atom stereocenters. The summed E-state index contributed by atoms with van der Waals surface area (Å²) in [5, 5.41) is 3.48. The van der Waals surface area contributed by atoms with Gasteiger partial charge in [-0.15, -0.1) is 11.3 Å². The Bertz CT molecular complexity index is 804. The van der Waals surface area contributed by atoms with Crippen LogP contribution >= 0.6 is 34.5 Å². The minimum Gasteiger partial charge on any atom is -0.496 e. The van der Waals surface area contributed by atoms with Gasteiger partial charge in [0.1, 0.15) is 11.6 Å². The van der Waals surface area contributed by atoms with Crippen LogP contribution in [0.15, 0.2) is 23.6 Å². The average molecular weight is 326 g/mol. The summed E-state index contributed by atoms with van der Waals surface area (Å²) < 4.78 is 5.15. The Kier molecular flexibility index (Phi) is 3.41. The van der Waals surface area contributed by atoms with E-state index in [1.165, 1.54) is 11.3 Å². The first kappa shape index (κ1) is 13.4. The standard InChI is InChI=1S/C13H9Cl2N3OS/c1-19-7-4-10(20-5-7)13-17-11-8(12(16)18-13)2-6(14)3-9(11)15/h2-5H,1H3,(H2,16,17,18). The van der Waals surface area contributed by atoms with E-state index in [0.717, 1.165) is 10.6 Å². The minimum atomic E-state index is 0.349. The van der Waals surface area contributed by atoms with Gasteiger partial charge in [0.25, 0.3) is 0 Å². The molecule has 0 saturated heterocycles. The van der Waals surface area contributed by atoms with E-state index >= 15 is 0 Å². The number of halogens is 2. The second-order valence-corrected chi connectivity index (χ2v) is 5.82. The smallest absolute Gasteiger partial charge is 0.172 e. The second-order valence-electron chi connectivity index (χ2n) is 4.07. The molecule has 0 bridgehead atoms. The van der Waals surface area contributed by atoms with Gasteiger partial charge in [-0.05, 0) is 12.1 Å². The number of methoxy groups -OCH3 is 1. The Balaban J connectivity index is 2.23. The topological polar surface area (TPSA) is 61.0 Å². The third-order valence-corrected chi connectivity index (χ3v) is 4.19. The van der Waals surface area contributed by atoms with Crippen molar-refractivity contribution in [1.82, 2.24) is 9.97 Å². The van der Waals surface area contributed by atoms with Crippen molar-refractivity contribution in [3.8, 4) is 16.5 Å². The van der Waals surface area contributed by atoms with E-state index in [4.69, 9.17) is 33.7 Å². The van der Waals surface area contributed by atoms with Crippen LogP contribution in [0.2, 0.25) is 10.0 Å². The highest BCUT2D eigenvalue weighted by Gasteiger charge is 2.13. The molecule has 102 valence electrons. The Morgan fingerprint density at radius 1 is 1.20 bits per heavy atom. The lowest BCUT2D eigenvalue weighted by molar-refractivity contribution is 0.417. The van der Waals surface area contributed by atoms with Crippen LogP contribution in [0, 0.1) is 0 Å². The van der Waals surface area contributed by atoms with Crippen molar-refractivity contribution in [2.24, 2.45) is 0 Å². The zero-order valence-electron chi connectivity index (χ0n) is 10.4. The molecule has 7 heteroatoms. The normalized spacial score (nSPS) is 10.9. The van der Waals surface area contributed by atoms with E-state index in [1.54, 1.807) is 19.2 Å². The summed E-state index contributed by atoms with van der Waals surface area (Å²) in [5.74, 6) is 1.63. The van der Waals surface area contributed by atoms with Crippen molar-refractivity contribution in [3.05, 3.63) is 33.6 Å². The van der Waals surface area contributed by atoms with E-state index in [1.807, 2.05) is 11.4 Å². The van der Waals surface area contributed by atoms with Gasteiger partial charge in [-0.25, -0.2) is 9.97 Å². The van der Waals surface area contributed by atoms with E-state index in [-0.39, 0.29) is 0 Å². The summed E-state index contributed by atoms with van der Waals surface area (Å²) in [4.78, 5) is 9.64. The monoisotopic (exact) mass is 325 g/mol. The fraction of sp³-hybridized carbons (Fsp3) is 0.0769. The largest absolute Gasteiger partial charge is 0.496 e. The van der Waals surface area contributed by atoms with Gasteiger partial charge in [0, 0.05) is 21.9 Å². The molecular formula is C13H9Cl2N3OS. The first-order valence-electron chi connectivity index (χ1n) is 5.63. The van der Waals surface area contributed by atoms with Crippen LogP contribution in [0.5, 0.6) is 5.75 Å². The van der Waals surface area contributed by atoms with Crippen LogP contribution in [-0.4, -0.2) is 17.1 Å². The number of thiophene rings is 1. The summed E-state index contributed by atoms with van der Waals surface area (Å²) in [6.45, 7) is 0. The quantitative estimate of drug-likeness (QED) is 0.764. The zero-order chi connectivity index (χ0) is 14.3. The molecule has 20 heavy (non-hydrogen) atoms. The molecule has 2 N–H and O–H groups in total. The van der Waals surface area contributed by atoms with Crippen LogP contribution in [0.3, 0.4) is 0 Å². The lowest BCUT2D eigenvalue weighted by Gasteiger charge is -2.06. The van der Waals surface area contributed by atoms with Crippen molar-refractivity contribution in [2.75, 3.05) is 12.8 Å². The summed E-state index contributed by atoms with van der Waals surface area (Å²) in [6.07, 6.45) is 0. The van der Waals surface area contributed by atoms with Gasteiger partial charge in [-0.1, -0.05) is 23.2 Å². The number of benzene rings is 1. The molecule has 0 saturated carbocycles. The molecule has 2 heterocycles. The number of nitrogens with zero attached hydrogens (tertiary/aromatic N) is 2. The second kappa shape index (κ2) is 5.09. The maximum atomic E-state index is 6.17. The van der Waals surface area contributed by atoms with Gasteiger partial charge >= 0.3 is 0 Å². The van der Waals surface area contributed by atoms with Crippen molar-refractivity contribution >= 4 is 51.3 Å². The number of anilines is 1. The average Bonchev–Trinajstić information content (AvgIpc) is 2.88. The maximum Gasteiger partial charge on any atom is 0.172 e. The summed E-state index contributed by atoms with van der Waals surface area (Å²) in [5.41, 5.74) is 6.57. The fourth-order valence-corrected chi connectivity index (χ4v) is 3.16. The zero-order valence-corrected chi connectivity index (χ0v) is 12.7. The highest BCUT2D eigenvalue weighted by molar-refractivity contribution is 7.13. The molecule has 0 fully saturated rings. The SMILES string of the molecule is COc1csc(-c2nc(N)c3cc(Cl)cc(Cl)c3n2)c1. The molecule has 0 aliphatic heterocycles. The molecule has 0 aliphatic rings. The van der Waals surface area contributed by atoms with Gasteiger partial charge in [0.05, 0.1) is 22.5 Å². The molecule has 3 aromatic rings. The molecule has 0 aliphatic carbocycles. The van der Waals surface area contributed by atoms with Crippen molar-refractivity contribution < 1.29 is 4.74 Å². The van der Waals surface area contributed by atoms with Crippen LogP contribution in [0.1, 0.15) is 0 Å². The highest BCUT2D eigenvalue weighted by atomic mass is 35.5. The van der Waals surface area contributed by atoms with Gasteiger partial charge in [0.2, 0.25) is 0 Å². The van der Waals surface area contributed by atoms with Crippen molar-refractivity contribution in [1.29, 1.82) is 0 Å². The third kappa shape index (κ3) is 2.28. The number of nitrogens with two attached hydrogens (primary N) is 1. The Labute approximate surface area is 129 Å². The molecule has 2 aromatic heterocycles. The molecule has 0 spiro atoms. The highest BCUT2D eigenvalue weighted by Crippen LogP contribution is 2.34. The van der Waals surface area contributed by atoms with Gasteiger partial charge < -0.3 is 10.5 Å². The Morgan fingerprint density at radius 2 is 2.00 bits per heavy atom. The molecule has 4 nitrogen and oxygen atoms in total. The van der Waals surface area contributed by atoms with Crippen molar-refractivity contribution in [3.63, 3.8) is 0 Å². The lowest BCUT2D eigenvalue weighted by Crippen LogP contribution is -1.97. The summed E-state index contributed by atoms with van der Waals surface area (Å²) >= 11 is 13.6. The molecule has 1 aromatic carbocycles. The maximum absolute atomic E-state index is 6.17. The summed E-state index contributed by atoms with van der Waals surface area (Å²) in [6, 6.07) is 5.20. The van der Waals surface area contributed by atoms with E-state index in [9.17, 15) is 0 Å². The van der Waals surface area contributed by atoms with E-state index in [2.05, 4.69) is 9.97 Å². The first-order chi connectivity index (χ1) is 9.58. The molecular weight excluding hydrogens is 317 g/mol. The molecule has 3 rings (SSSR count). The molecule has 0 atom stereocenters. The predicted molar refractivity (Wildman–Crippen MR) is 83.8 cm³/mol. The fourth-order valence-electron chi connectivity index (χ4n) is 1.83. The van der Waals surface area contributed by atoms with E-state index < -0.39 is 0 Å². The number of fused-ring (bicyclic) bond motifs is 1. The number of nitrogen functional groups attached to an aromatic ring is 1. The first-order valence-corrected chi connectivity index (χ1v) is 7.27. The van der Waals surface area contributed by atoms with E-state index in [0.29, 0.717) is 32.6 Å². The molecule has 0 amide bonds. The Morgan fingerprint density at radius 3 is 2.70 bits per heavy atom. The van der Waals surface area contributed by atoms with Crippen LogP contribution < -0.4 is 10.5 Å². The van der Waals surface area contributed by atoms with Gasteiger partial charge in [-0.2, -0.15) is 0 Å². The predicted octanol–water partition coefficient (Wildman–Crippen LogP) is 4.26. The minimum absolute atomic E-state index is 0.349. The van der Waals surface area contributed by atoms with Crippen LogP contribution in [0.25, 0.3) is 21.6 Å². The van der Waals surface area contributed by atoms with Crippen LogP contribution in [0.4, 0.5) is 5.82 Å².